The number of rotatable bonds is 3. The summed E-state index contributed by atoms with van der Waals surface area (Å²) in [5.41, 5.74) is 2.38. The first kappa shape index (κ1) is 12.1. The fourth-order valence-electron chi connectivity index (χ4n) is 0.818. The average molecular weight is 195 g/mol. The van der Waals surface area contributed by atoms with Crippen LogP contribution in [0.2, 0.25) is 0 Å². The first-order valence-corrected chi connectivity index (χ1v) is 5.30. The van der Waals surface area contributed by atoms with Crippen LogP contribution in [0.15, 0.2) is 36.3 Å². The summed E-state index contributed by atoms with van der Waals surface area (Å²) in [6, 6.07) is 8.23. The first-order chi connectivity index (χ1) is 6.33. The number of hydrogen-bond donors (Lipinski definition) is 1. The van der Waals surface area contributed by atoms with E-state index in [1.54, 1.807) is 5.41 Å². The van der Waals surface area contributed by atoms with Gasteiger partial charge in [-0.3, -0.25) is 0 Å². The van der Waals surface area contributed by atoms with Gasteiger partial charge in [0, 0.05) is 5.69 Å². The maximum Gasteiger partial charge on any atom is 0.0445 e. The summed E-state index contributed by atoms with van der Waals surface area (Å²) in [5.74, 6) is 0. The van der Waals surface area contributed by atoms with Crippen LogP contribution in [0.5, 0.6) is 0 Å². The molecule has 2 heteroatoms. The van der Waals surface area contributed by atoms with Crippen molar-refractivity contribution in [1.82, 2.24) is 0 Å². The lowest BCUT2D eigenvalue weighted by Crippen LogP contribution is -1.83. The van der Waals surface area contributed by atoms with Crippen molar-refractivity contribution in [2.45, 2.75) is 20.8 Å². The molecule has 0 aliphatic rings. The van der Waals surface area contributed by atoms with E-state index in [1.807, 2.05) is 26.0 Å². The second-order valence-corrected chi connectivity index (χ2v) is 3.03. The fourth-order valence-corrected chi connectivity index (χ4v) is 1.16. The van der Waals surface area contributed by atoms with Gasteiger partial charge in [-0.15, -0.1) is 0 Å². The van der Waals surface area contributed by atoms with E-state index in [9.17, 15) is 0 Å². The van der Waals surface area contributed by atoms with Gasteiger partial charge in [0.05, 0.1) is 0 Å². The standard InChI is InChI=1S/C9H11NS.C2H6/c1-3-11-10-9-6-4-5-8(2)7-9;1-2/h3-7,10H,1H2,2H3;1-2H3. The molecule has 1 nitrogen and oxygen atoms in total. The molecule has 0 radical (unpaired) electrons. The Hall–Kier alpha value is -0.890. The molecule has 1 rings (SSSR count). The molecule has 0 bridgehead atoms. The molecule has 0 saturated heterocycles. The predicted octanol–water partition coefficient (Wildman–Crippen LogP) is 4.22. The van der Waals surface area contributed by atoms with E-state index in [-0.39, 0.29) is 0 Å². The number of aryl methyl sites for hydroxylation is 1. The highest BCUT2D eigenvalue weighted by Gasteiger charge is 1.88. The van der Waals surface area contributed by atoms with Crippen molar-refractivity contribution in [3.8, 4) is 0 Å². The molecule has 0 heterocycles. The zero-order valence-electron chi connectivity index (χ0n) is 8.50. The average Bonchev–Trinajstić information content (AvgIpc) is 2.18. The predicted molar refractivity (Wildman–Crippen MR) is 63.9 cm³/mol. The zero-order valence-corrected chi connectivity index (χ0v) is 9.32. The van der Waals surface area contributed by atoms with E-state index in [0.717, 1.165) is 5.69 Å². The van der Waals surface area contributed by atoms with Gasteiger partial charge in [-0.25, -0.2) is 0 Å². The van der Waals surface area contributed by atoms with Crippen LogP contribution in [-0.4, -0.2) is 0 Å². The third kappa shape index (κ3) is 5.36. The molecule has 0 aromatic heterocycles. The van der Waals surface area contributed by atoms with Crippen LogP contribution < -0.4 is 4.72 Å². The second kappa shape index (κ2) is 7.74. The molecule has 72 valence electrons. The quantitative estimate of drug-likeness (QED) is 0.724. The molecule has 0 atom stereocenters. The van der Waals surface area contributed by atoms with Gasteiger partial charge in [0.15, 0.2) is 0 Å². The normalized spacial score (nSPS) is 8.23. The summed E-state index contributed by atoms with van der Waals surface area (Å²) in [6.45, 7) is 9.67. The Morgan fingerprint density at radius 2 is 2.08 bits per heavy atom. The van der Waals surface area contributed by atoms with Gasteiger partial charge in [-0.1, -0.05) is 32.6 Å². The third-order valence-corrected chi connectivity index (χ3v) is 1.80. The van der Waals surface area contributed by atoms with Crippen molar-refractivity contribution in [2.24, 2.45) is 0 Å². The second-order valence-electron chi connectivity index (χ2n) is 2.26. The summed E-state index contributed by atoms with van der Waals surface area (Å²) in [4.78, 5) is 0. The molecular formula is C11H17NS. The van der Waals surface area contributed by atoms with Crippen molar-refractivity contribution in [1.29, 1.82) is 0 Å². The van der Waals surface area contributed by atoms with E-state index in [2.05, 4.69) is 30.4 Å². The number of benzene rings is 1. The summed E-state index contributed by atoms with van der Waals surface area (Å²) >= 11 is 1.48. The molecule has 1 aromatic carbocycles. The zero-order chi connectivity index (χ0) is 10.1. The van der Waals surface area contributed by atoms with E-state index in [0.29, 0.717) is 0 Å². The molecular weight excluding hydrogens is 178 g/mol. The Kier molecular flexibility index (Phi) is 7.21. The summed E-state index contributed by atoms with van der Waals surface area (Å²) in [7, 11) is 0. The molecule has 1 N–H and O–H groups in total. The van der Waals surface area contributed by atoms with Crippen molar-refractivity contribution < 1.29 is 0 Å². The number of anilines is 1. The van der Waals surface area contributed by atoms with E-state index in [1.165, 1.54) is 17.5 Å². The minimum atomic E-state index is 1.12. The summed E-state index contributed by atoms with van der Waals surface area (Å²) < 4.78 is 3.13. The Labute approximate surface area is 85.4 Å². The van der Waals surface area contributed by atoms with Crippen LogP contribution in [0.1, 0.15) is 19.4 Å². The molecule has 1 aromatic rings. The summed E-state index contributed by atoms with van der Waals surface area (Å²) in [6.07, 6.45) is 0. The molecule has 0 amide bonds. The molecule has 0 aliphatic heterocycles. The van der Waals surface area contributed by atoms with Gasteiger partial charge in [0.2, 0.25) is 0 Å². The number of nitrogens with one attached hydrogen (secondary N) is 1. The van der Waals surface area contributed by atoms with E-state index < -0.39 is 0 Å². The van der Waals surface area contributed by atoms with Crippen LogP contribution in [0, 0.1) is 6.92 Å². The van der Waals surface area contributed by atoms with Gasteiger partial charge in [-0.05, 0) is 42.0 Å². The van der Waals surface area contributed by atoms with Crippen LogP contribution in [0.25, 0.3) is 0 Å². The van der Waals surface area contributed by atoms with Gasteiger partial charge in [-0.2, -0.15) is 0 Å². The Balaban J connectivity index is 0.000000671. The van der Waals surface area contributed by atoms with Gasteiger partial charge >= 0.3 is 0 Å². The lowest BCUT2D eigenvalue weighted by atomic mass is 10.2. The smallest absolute Gasteiger partial charge is 0.0445 e. The van der Waals surface area contributed by atoms with Gasteiger partial charge in [0.25, 0.3) is 0 Å². The van der Waals surface area contributed by atoms with Crippen LogP contribution >= 0.6 is 11.9 Å². The molecule has 0 saturated carbocycles. The van der Waals surface area contributed by atoms with E-state index >= 15 is 0 Å². The lowest BCUT2D eigenvalue weighted by Gasteiger charge is -2.01. The highest BCUT2D eigenvalue weighted by atomic mass is 32.2. The minimum absolute atomic E-state index is 1.12. The van der Waals surface area contributed by atoms with Crippen LogP contribution in [-0.2, 0) is 0 Å². The van der Waals surface area contributed by atoms with Crippen molar-refractivity contribution >= 4 is 17.6 Å². The molecule has 0 fully saturated rings. The monoisotopic (exact) mass is 195 g/mol. The van der Waals surface area contributed by atoms with Crippen molar-refractivity contribution in [3.05, 3.63) is 41.8 Å². The molecule has 0 spiro atoms. The van der Waals surface area contributed by atoms with Crippen LogP contribution in [0.3, 0.4) is 0 Å². The maximum absolute atomic E-state index is 3.60. The summed E-state index contributed by atoms with van der Waals surface area (Å²) in [5, 5.41) is 1.77. The maximum atomic E-state index is 3.60. The molecule has 13 heavy (non-hydrogen) atoms. The third-order valence-electron chi connectivity index (χ3n) is 1.28. The Bertz CT molecular complexity index is 246. The minimum Gasteiger partial charge on any atom is -0.326 e. The Morgan fingerprint density at radius 1 is 1.38 bits per heavy atom. The SMILES string of the molecule is C=CSNc1cccc(C)c1.CC. The van der Waals surface area contributed by atoms with Gasteiger partial charge in [0.1, 0.15) is 0 Å². The lowest BCUT2D eigenvalue weighted by molar-refractivity contribution is 1.47. The van der Waals surface area contributed by atoms with Crippen LogP contribution in [0.4, 0.5) is 5.69 Å². The topological polar surface area (TPSA) is 12.0 Å². The van der Waals surface area contributed by atoms with E-state index in [4.69, 9.17) is 0 Å². The first-order valence-electron chi connectivity index (χ1n) is 4.42. The molecule has 0 aliphatic carbocycles. The molecule has 0 unspecified atom stereocenters. The highest BCUT2D eigenvalue weighted by Crippen LogP contribution is 2.13. The van der Waals surface area contributed by atoms with Gasteiger partial charge < -0.3 is 4.72 Å². The number of hydrogen-bond acceptors (Lipinski definition) is 2. The highest BCUT2D eigenvalue weighted by molar-refractivity contribution is 8.03. The Morgan fingerprint density at radius 3 is 2.62 bits per heavy atom. The van der Waals surface area contributed by atoms with Crippen molar-refractivity contribution in [2.75, 3.05) is 4.72 Å². The fraction of sp³-hybridized carbons (Fsp3) is 0.273. The largest absolute Gasteiger partial charge is 0.326 e. The van der Waals surface area contributed by atoms with Crippen molar-refractivity contribution in [3.63, 3.8) is 0 Å².